The Labute approximate surface area is 130 Å². The van der Waals surface area contributed by atoms with Crippen LogP contribution in [-0.4, -0.2) is 37.0 Å². The van der Waals surface area contributed by atoms with Gasteiger partial charge in [0.2, 0.25) is 0 Å². The van der Waals surface area contributed by atoms with Gasteiger partial charge in [-0.1, -0.05) is 25.0 Å². The number of guanidine groups is 1. The predicted molar refractivity (Wildman–Crippen MR) is 83.3 cm³/mol. The number of hydrogen-bond donors (Lipinski definition) is 1. The molecule has 1 heterocycles. The highest BCUT2D eigenvalue weighted by atomic mass is 19.3. The summed E-state index contributed by atoms with van der Waals surface area (Å²) in [6.45, 7) is 1.73. The maximum Gasteiger partial charge on any atom is 0.272 e. The number of halogens is 2. The molecule has 1 aromatic carbocycles. The second-order valence-electron chi connectivity index (χ2n) is 5.43. The number of aliphatic imine (C=N–C) groups is 1. The Morgan fingerprint density at radius 3 is 2.64 bits per heavy atom. The number of alkyl halides is 2. The van der Waals surface area contributed by atoms with Crippen LogP contribution in [0, 0.1) is 0 Å². The quantitative estimate of drug-likeness (QED) is 0.672. The SMILES string of the molecule is NC(=NCc1cccc(OCC(F)F)c1)N1CCCCCC1. The van der Waals surface area contributed by atoms with Crippen LogP contribution < -0.4 is 10.5 Å². The fourth-order valence-electron chi connectivity index (χ4n) is 2.46. The molecule has 6 heteroatoms. The third kappa shape index (κ3) is 5.50. The van der Waals surface area contributed by atoms with Gasteiger partial charge in [0.05, 0.1) is 6.54 Å². The Hall–Kier alpha value is -1.85. The van der Waals surface area contributed by atoms with E-state index in [2.05, 4.69) is 9.89 Å². The minimum atomic E-state index is -2.47. The van der Waals surface area contributed by atoms with Crippen molar-refractivity contribution < 1.29 is 13.5 Å². The van der Waals surface area contributed by atoms with E-state index >= 15 is 0 Å². The summed E-state index contributed by atoms with van der Waals surface area (Å²) < 4.78 is 29.3. The van der Waals surface area contributed by atoms with E-state index in [-0.39, 0.29) is 0 Å². The topological polar surface area (TPSA) is 50.9 Å². The molecule has 0 aromatic heterocycles. The van der Waals surface area contributed by atoms with Gasteiger partial charge in [-0.3, -0.25) is 0 Å². The lowest BCUT2D eigenvalue weighted by Gasteiger charge is -2.21. The van der Waals surface area contributed by atoms with Crippen molar-refractivity contribution in [3.63, 3.8) is 0 Å². The van der Waals surface area contributed by atoms with Crippen LogP contribution in [0.1, 0.15) is 31.2 Å². The van der Waals surface area contributed by atoms with Crippen molar-refractivity contribution in [2.24, 2.45) is 10.7 Å². The van der Waals surface area contributed by atoms with Crippen LogP contribution in [0.3, 0.4) is 0 Å². The van der Waals surface area contributed by atoms with Crippen molar-refractivity contribution in [2.45, 2.75) is 38.7 Å². The first-order valence-electron chi connectivity index (χ1n) is 7.70. The molecule has 1 fully saturated rings. The third-order valence-electron chi connectivity index (χ3n) is 3.63. The molecule has 122 valence electrons. The highest BCUT2D eigenvalue weighted by Crippen LogP contribution is 2.15. The van der Waals surface area contributed by atoms with Crippen LogP contribution in [0.25, 0.3) is 0 Å². The van der Waals surface area contributed by atoms with Gasteiger partial charge in [0.15, 0.2) is 5.96 Å². The summed E-state index contributed by atoms with van der Waals surface area (Å²) in [5.74, 6) is 0.988. The molecule has 0 radical (unpaired) electrons. The average Bonchev–Trinajstić information content (AvgIpc) is 2.80. The van der Waals surface area contributed by atoms with E-state index in [0.29, 0.717) is 18.3 Å². The fourth-order valence-corrected chi connectivity index (χ4v) is 2.46. The molecule has 22 heavy (non-hydrogen) atoms. The molecule has 0 amide bonds. The van der Waals surface area contributed by atoms with Crippen molar-refractivity contribution in [3.8, 4) is 5.75 Å². The summed E-state index contributed by atoms with van der Waals surface area (Å²) in [4.78, 5) is 6.53. The van der Waals surface area contributed by atoms with Gasteiger partial charge in [-0.15, -0.1) is 0 Å². The number of likely N-dealkylation sites (tertiary alicyclic amines) is 1. The number of nitrogens with zero attached hydrogens (tertiary/aromatic N) is 2. The Bertz CT molecular complexity index is 486. The van der Waals surface area contributed by atoms with Gasteiger partial charge in [-0.25, -0.2) is 13.8 Å². The van der Waals surface area contributed by atoms with E-state index in [1.54, 1.807) is 18.2 Å². The van der Waals surface area contributed by atoms with Crippen LogP contribution in [0.2, 0.25) is 0 Å². The van der Waals surface area contributed by atoms with Gasteiger partial charge in [-0.05, 0) is 30.5 Å². The molecule has 0 saturated carbocycles. The first kappa shape index (κ1) is 16.5. The lowest BCUT2D eigenvalue weighted by molar-refractivity contribution is 0.0818. The average molecular weight is 311 g/mol. The maximum atomic E-state index is 12.1. The Kier molecular flexibility index (Phi) is 6.43. The van der Waals surface area contributed by atoms with E-state index in [1.165, 1.54) is 12.8 Å². The largest absolute Gasteiger partial charge is 0.488 e. The highest BCUT2D eigenvalue weighted by Gasteiger charge is 2.10. The molecule has 1 aliphatic rings. The zero-order valence-corrected chi connectivity index (χ0v) is 12.7. The van der Waals surface area contributed by atoms with Gasteiger partial charge in [0.25, 0.3) is 6.43 Å². The van der Waals surface area contributed by atoms with Crippen molar-refractivity contribution in [2.75, 3.05) is 19.7 Å². The second-order valence-corrected chi connectivity index (χ2v) is 5.43. The van der Waals surface area contributed by atoms with Crippen molar-refractivity contribution in [3.05, 3.63) is 29.8 Å². The molecule has 1 aromatic rings. The van der Waals surface area contributed by atoms with E-state index < -0.39 is 13.0 Å². The molecule has 0 atom stereocenters. The van der Waals surface area contributed by atoms with Crippen LogP contribution in [0.4, 0.5) is 8.78 Å². The number of ether oxygens (including phenoxy) is 1. The summed E-state index contributed by atoms with van der Waals surface area (Å²) in [5.41, 5.74) is 6.94. The molecule has 2 rings (SSSR count). The number of rotatable bonds is 5. The van der Waals surface area contributed by atoms with Crippen LogP contribution >= 0.6 is 0 Å². The molecule has 1 saturated heterocycles. The van der Waals surface area contributed by atoms with E-state index in [4.69, 9.17) is 10.5 Å². The predicted octanol–water partition coefficient (Wildman–Crippen LogP) is 3.02. The zero-order valence-electron chi connectivity index (χ0n) is 12.7. The molecule has 0 bridgehead atoms. The molecular weight excluding hydrogens is 288 g/mol. The first-order valence-corrected chi connectivity index (χ1v) is 7.70. The van der Waals surface area contributed by atoms with Crippen LogP contribution in [0.15, 0.2) is 29.3 Å². The summed E-state index contributed by atoms with van der Waals surface area (Å²) in [7, 11) is 0. The lowest BCUT2D eigenvalue weighted by atomic mass is 10.2. The lowest BCUT2D eigenvalue weighted by Crippen LogP contribution is -2.38. The van der Waals surface area contributed by atoms with E-state index in [9.17, 15) is 8.78 Å². The first-order chi connectivity index (χ1) is 10.6. The van der Waals surface area contributed by atoms with Crippen molar-refractivity contribution in [1.29, 1.82) is 0 Å². The van der Waals surface area contributed by atoms with Crippen molar-refractivity contribution >= 4 is 5.96 Å². The van der Waals surface area contributed by atoms with E-state index in [0.717, 1.165) is 31.5 Å². The zero-order chi connectivity index (χ0) is 15.8. The van der Waals surface area contributed by atoms with Gasteiger partial charge in [-0.2, -0.15) is 0 Å². The molecule has 0 spiro atoms. The second kappa shape index (κ2) is 8.56. The molecule has 1 aliphatic heterocycles. The molecular formula is C16H23F2N3O. The Morgan fingerprint density at radius 1 is 1.23 bits per heavy atom. The minimum Gasteiger partial charge on any atom is -0.488 e. The van der Waals surface area contributed by atoms with Crippen LogP contribution in [-0.2, 0) is 6.54 Å². The molecule has 2 N–H and O–H groups in total. The standard InChI is InChI=1S/C16H23F2N3O/c17-15(18)12-22-14-7-5-6-13(10-14)11-20-16(19)21-8-3-1-2-4-9-21/h5-7,10,15H,1-4,8-9,11-12H2,(H2,19,20). The monoisotopic (exact) mass is 311 g/mol. The summed E-state index contributed by atoms with van der Waals surface area (Å²) in [6.07, 6.45) is 2.31. The summed E-state index contributed by atoms with van der Waals surface area (Å²) >= 11 is 0. The van der Waals surface area contributed by atoms with E-state index in [1.807, 2.05) is 6.07 Å². The smallest absolute Gasteiger partial charge is 0.272 e. The highest BCUT2D eigenvalue weighted by molar-refractivity contribution is 5.78. The van der Waals surface area contributed by atoms with Crippen LogP contribution in [0.5, 0.6) is 5.75 Å². The number of nitrogens with two attached hydrogens (primary N) is 1. The van der Waals surface area contributed by atoms with Gasteiger partial charge < -0.3 is 15.4 Å². The Balaban J connectivity index is 1.91. The normalized spacial score (nSPS) is 16.7. The number of benzene rings is 1. The van der Waals surface area contributed by atoms with Crippen molar-refractivity contribution in [1.82, 2.24) is 4.90 Å². The molecule has 0 aliphatic carbocycles. The summed E-state index contributed by atoms with van der Waals surface area (Å²) in [6, 6.07) is 7.04. The maximum absolute atomic E-state index is 12.1. The Morgan fingerprint density at radius 2 is 1.95 bits per heavy atom. The minimum absolute atomic E-state index is 0.425. The fraction of sp³-hybridized carbons (Fsp3) is 0.562. The molecule has 4 nitrogen and oxygen atoms in total. The molecule has 0 unspecified atom stereocenters. The number of hydrogen-bond acceptors (Lipinski definition) is 2. The van der Waals surface area contributed by atoms with Gasteiger partial charge in [0.1, 0.15) is 12.4 Å². The van der Waals surface area contributed by atoms with Gasteiger partial charge in [0, 0.05) is 13.1 Å². The summed E-state index contributed by atoms with van der Waals surface area (Å²) in [5, 5.41) is 0. The van der Waals surface area contributed by atoms with Gasteiger partial charge >= 0.3 is 0 Å². The third-order valence-corrected chi connectivity index (χ3v) is 3.63.